The second-order valence-electron chi connectivity index (χ2n) is 7.67. The molecule has 37 heavy (non-hydrogen) atoms. The average molecular weight is 559 g/mol. The van der Waals surface area contributed by atoms with Crippen LogP contribution in [0, 0.1) is 18.3 Å². The van der Waals surface area contributed by atoms with E-state index in [0.717, 1.165) is 5.56 Å². The van der Waals surface area contributed by atoms with E-state index in [1.165, 1.54) is 18.2 Å². The average Bonchev–Trinajstić information content (AvgIpc) is 2.85. The van der Waals surface area contributed by atoms with E-state index in [0.29, 0.717) is 27.0 Å². The summed E-state index contributed by atoms with van der Waals surface area (Å²) in [6, 6.07) is 16.9. The van der Waals surface area contributed by atoms with E-state index >= 15 is 0 Å². The van der Waals surface area contributed by atoms with Crippen molar-refractivity contribution in [3.63, 3.8) is 0 Å². The molecule has 3 aromatic rings. The second kappa shape index (κ2) is 13.0. The molecule has 10 heteroatoms. The molecule has 0 aliphatic carbocycles. The molecule has 0 saturated carbocycles. The van der Waals surface area contributed by atoms with Gasteiger partial charge in [0, 0.05) is 11.4 Å². The van der Waals surface area contributed by atoms with E-state index in [1.54, 1.807) is 37.3 Å². The lowest BCUT2D eigenvalue weighted by Crippen LogP contribution is -2.20. The van der Waals surface area contributed by atoms with Gasteiger partial charge in [0.05, 0.1) is 21.7 Å². The highest BCUT2D eigenvalue weighted by Crippen LogP contribution is 2.37. The van der Waals surface area contributed by atoms with Crippen molar-refractivity contribution in [1.82, 2.24) is 0 Å². The van der Waals surface area contributed by atoms with Crippen molar-refractivity contribution in [2.24, 2.45) is 0 Å². The summed E-state index contributed by atoms with van der Waals surface area (Å²) >= 11 is 18.3. The molecular formula is C27H22Cl3N3O4. The van der Waals surface area contributed by atoms with Crippen LogP contribution in [0.15, 0.2) is 60.2 Å². The van der Waals surface area contributed by atoms with E-state index in [1.807, 2.05) is 25.1 Å². The van der Waals surface area contributed by atoms with Crippen LogP contribution >= 0.6 is 34.8 Å². The number of rotatable bonds is 9. The maximum atomic E-state index is 12.7. The minimum Gasteiger partial charge on any atom is -0.490 e. The van der Waals surface area contributed by atoms with Crippen LogP contribution in [-0.4, -0.2) is 25.0 Å². The van der Waals surface area contributed by atoms with Gasteiger partial charge in [-0.25, -0.2) is 0 Å². The first-order valence-corrected chi connectivity index (χ1v) is 12.2. The zero-order valence-corrected chi connectivity index (χ0v) is 22.2. The van der Waals surface area contributed by atoms with Gasteiger partial charge in [0.1, 0.15) is 11.6 Å². The molecule has 0 saturated heterocycles. The van der Waals surface area contributed by atoms with Gasteiger partial charge in [-0.3, -0.25) is 9.59 Å². The maximum absolute atomic E-state index is 12.7. The normalized spacial score (nSPS) is 10.9. The number of benzene rings is 3. The topological polar surface area (TPSA) is 100 Å². The van der Waals surface area contributed by atoms with E-state index in [4.69, 9.17) is 44.3 Å². The third-order valence-corrected chi connectivity index (χ3v) is 5.97. The van der Waals surface area contributed by atoms with Crippen LogP contribution in [0.3, 0.4) is 0 Å². The van der Waals surface area contributed by atoms with Gasteiger partial charge in [0.15, 0.2) is 18.1 Å². The van der Waals surface area contributed by atoms with Gasteiger partial charge in [-0.2, -0.15) is 5.26 Å². The molecule has 7 nitrogen and oxygen atoms in total. The Balaban J connectivity index is 1.77. The van der Waals surface area contributed by atoms with Crippen molar-refractivity contribution >= 4 is 64.1 Å². The van der Waals surface area contributed by atoms with Gasteiger partial charge in [-0.05, 0) is 67.4 Å². The smallest absolute Gasteiger partial charge is 0.266 e. The fourth-order valence-electron chi connectivity index (χ4n) is 3.20. The Labute approximate surface area is 229 Å². The Hall–Kier alpha value is -3.70. The molecule has 0 fully saturated rings. The molecule has 0 atom stereocenters. The van der Waals surface area contributed by atoms with E-state index < -0.39 is 11.8 Å². The van der Waals surface area contributed by atoms with Gasteiger partial charge in [0.2, 0.25) is 0 Å². The number of amides is 2. The number of hydrogen-bond donors (Lipinski definition) is 2. The molecule has 0 heterocycles. The summed E-state index contributed by atoms with van der Waals surface area (Å²) in [4.78, 5) is 25.1. The lowest BCUT2D eigenvalue weighted by Gasteiger charge is -2.15. The summed E-state index contributed by atoms with van der Waals surface area (Å²) in [7, 11) is 0. The molecule has 2 N–H and O–H groups in total. The molecule has 0 bridgehead atoms. The van der Waals surface area contributed by atoms with E-state index in [-0.39, 0.29) is 35.3 Å². The first-order chi connectivity index (χ1) is 17.7. The summed E-state index contributed by atoms with van der Waals surface area (Å²) < 4.78 is 11.3. The number of halogens is 3. The first-order valence-electron chi connectivity index (χ1n) is 11.0. The molecule has 0 aromatic heterocycles. The third kappa shape index (κ3) is 7.64. The number of carbonyl (C=O) groups is 2. The highest BCUT2D eigenvalue weighted by Gasteiger charge is 2.16. The van der Waals surface area contributed by atoms with Gasteiger partial charge in [-0.15, -0.1) is 0 Å². The summed E-state index contributed by atoms with van der Waals surface area (Å²) in [5.74, 6) is -0.626. The number of hydrogen-bond acceptors (Lipinski definition) is 5. The maximum Gasteiger partial charge on any atom is 0.266 e. The van der Waals surface area contributed by atoms with Crippen LogP contribution in [0.2, 0.25) is 15.1 Å². The number of aryl methyl sites for hydroxylation is 1. The van der Waals surface area contributed by atoms with Crippen molar-refractivity contribution in [3.05, 3.63) is 86.4 Å². The molecule has 3 rings (SSSR count). The number of nitrogens with zero attached hydrogens (tertiary/aromatic N) is 1. The lowest BCUT2D eigenvalue weighted by molar-refractivity contribution is -0.118. The molecule has 0 aliphatic rings. The molecule has 3 aromatic carbocycles. The summed E-state index contributed by atoms with van der Waals surface area (Å²) in [6.45, 7) is 3.54. The lowest BCUT2D eigenvalue weighted by atomic mass is 10.1. The van der Waals surface area contributed by atoms with Crippen LogP contribution in [0.1, 0.15) is 18.1 Å². The van der Waals surface area contributed by atoms with Crippen molar-refractivity contribution in [2.75, 3.05) is 23.8 Å². The predicted molar refractivity (Wildman–Crippen MR) is 147 cm³/mol. The van der Waals surface area contributed by atoms with E-state index in [9.17, 15) is 14.9 Å². The number of para-hydroxylation sites is 1. The van der Waals surface area contributed by atoms with Crippen LogP contribution in [0.5, 0.6) is 11.5 Å². The Bertz CT molecular complexity index is 1400. The molecule has 190 valence electrons. The molecular weight excluding hydrogens is 537 g/mol. The summed E-state index contributed by atoms with van der Waals surface area (Å²) in [5.41, 5.74) is 2.23. The molecule has 0 spiro atoms. The number of ether oxygens (including phenoxy) is 2. The molecule has 0 radical (unpaired) electrons. The summed E-state index contributed by atoms with van der Waals surface area (Å²) in [6.07, 6.45) is 1.39. The first kappa shape index (κ1) is 27.9. The number of nitriles is 1. The van der Waals surface area contributed by atoms with Gasteiger partial charge >= 0.3 is 0 Å². The molecule has 0 unspecified atom stereocenters. The van der Waals surface area contributed by atoms with Crippen molar-refractivity contribution < 1.29 is 19.1 Å². The molecule has 2 amide bonds. The Kier molecular flexibility index (Phi) is 9.81. The molecule has 0 aliphatic heterocycles. The minimum absolute atomic E-state index is 0.128. The van der Waals surface area contributed by atoms with Crippen LogP contribution in [-0.2, 0) is 9.59 Å². The number of nitrogens with one attached hydrogen (secondary N) is 2. The second-order valence-corrected chi connectivity index (χ2v) is 8.89. The fourth-order valence-corrected chi connectivity index (χ4v) is 3.77. The Morgan fingerprint density at radius 3 is 2.41 bits per heavy atom. The zero-order chi connectivity index (χ0) is 26.9. The highest BCUT2D eigenvalue weighted by molar-refractivity contribution is 6.42. The zero-order valence-electron chi connectivity index (χ0n) is 19.9. The van der Waals surface area contributed by atoms with Crippen LogP contribution in [0.4, 0.5) is 11.4 Å². The van der Waals surface area contributed by atoms with Crippen molar-refractivity contribution in [1.29, 1.82) is 5.26 Å². The SMILES string of the molecule is CCOc1cc(/C=C(/C#N)C(=O)Nc2ccccc2C)cc(Cl)c1OCC(=O)Nc1ccc(Cl)c(Cl)c1. The Morgan fingerprint density at radius 2 is 1.73 bits per heavy atom. The van der Waals surface area contributed by atoms with Gasteiger partial charge in [-0.1, -0.05) is 53.0 Å². The standard InChI is InChI=1S/C27H22Cl3N3O4/c1-3-36-24-12-17(10-18(14-31)27(35)33-23-7-5-4-6-16(23)2)11-22(30)26(24)37-15-25(34)32-19-8-9-20(28)21(29)13-19/h4-13H,3,15H2,1-2H3,(H,32,34)(H,33,35)/b18-10-. The predicted octanol–water partition coefficient (Wildman–Crippen LogP) is 6.92. The Morgan fingerprint density at radius 1 is 0.973 bits per heavy atom. The minimum atomic E-state index is -0.565. The van der Waals surface area contributed by atoms with Gasteiger partial charge < -0.3 is 20.1 Å². The highest BCUT2D eigenvalue weighted by atomic mass is 35.5. The number of carbonyl (C=O) groups excluding carboxylic acids is 2. The quantitative estimate of drug-likeness (QED) is 0.219. The fraction of sp³-hybridized carbons (Fsp3) is 0.148. The monoisotopic (exact) mass is 557 g/mol. The van der Waals surface area contributed by atoms with E-state index in [2.05, 4.69) is 10.6 Å². The summed E-state index contributed by atoms with van der Waals surface area (Å²) in [5, 5.41) is 15.8. The van der Waals surface area contributed by atoms with Crippen LogP contribution in [0.25, 0.3) is 6.08 Å². The number of anilines is 2. The van der Waals surface area contributed by atoms with Crippen LogP contribution < -0.4 is 20.1 Å². The largest absolute Gasteiger partial charge is 0.490 e. The van der Waals surface area contributed by atoms with Crippen molar-refractivity contribution in [2.45, 2.75) is 13.8 Å². The van der Waals surface area contributed by atoms with Gasteiger partial charge in [0.25, 0.3) is 11.8 Å². The third-order valence-electron chi connectivity index (χ3n) is 4.95. The van der Waals surface area contributed by atoms with Crippen molar-refractivity contribution in [3.8, 4) is 17.6 Å².